The fourth-order valence-corrected chi connectivity index (χ4v) is 3.36. The van der Waals surface area contributed by atoms with Crippen LogP contribution in [0.3, 0.4) is 0 Å². The van der Waals surface area contributed by atoms with Gasteiger partial charge in [0.25, 0.3) is 0 Å². The Morgan fingerprint density at radius 3 is 2.81 bits per heavy atom. The van der Waals surface area contributed by atoms with E-state index in [1.54, 1.807) is 24.3 Å². The lowest BCUT2D eigenvalue weighted by Gasteiger charge is -2.04. The minimum Gasteiger partial charge on any atom is -0.337 e. The van der Waals surface area contributed by atoms with Gasteiger partial charge in [-0.1, -0.05) is 41.6 Å². The van der Waals surface area contributed by atoms with Crippen molar-refractivity contribution in [1.29, 1.82) is 0 Å². The summed E-state index contributed by atoms with van der Waals surface area (Å²) in [4.78, 5) is 19.8. The number of nitrogens with one attached hydrogen (secondary N) is 2. The van der Waals surface area contributed by atoms with Gasteiger partial charge in [-0.25, -0.2) is 4.98 Å². The number of carbonyl (C=O) groups is 1. The number of hydrogen-bond donors (Lipinski definition) is 2. The number of hydrogen-bond acceptors (Lipinski definition) is 5. The highest BCUT2D eigenvalue weighted by molar-refractivity contribution is 7.99. The van der Waals surface area contributed by atoms with Crippen LogP contribution in [0.25, 0.3) is 22.1 Å². The van der Waals surface area contributed by atoms with E-state index in [0.29, 0.717) is 21.5 Å². The summed E-state index contributed by atoms with van der Waals surface area (Å²) in [5.74, 6) is 0.0447. The Labute approximate surface area is 158 Å². The van der Waals surface area contributed by atoms with E-state index in [2.05, 4.69) is 25.5 Å². The van der Waals surface area contributed by atoms with Crippen LogP contribution < -0.4 is 5.32 Å². The molecule has 0 atom stereocenters. The van der Waals surface area contributed by atoms with Gasteiger partial charge in [0.15, 0.2) is 5.65 Å². The molecule has 0 aliphatic carbocycles. The number of aryl methyl sites for hydroxylation is 1. The van der Waals surface area contributed by atoms with Crippen LogP contribution in [-0.2, 0) is 4.79 Å². The molecule has 130 valence electrons. The molecule has 6 nitrogen and oxygen atoms in total. The highest BCUT2D eigenvalue weighted by atomic mass is 35.5. The Kier molecular flexibility index (Phi) is 4.48. The van der Waals surface area contributed by atoms with E-state index in [0.717, 1.165) is 22.0 Å². The quantitative estimate of drug-likeness (QED) is 0.516. The highest BCUT2D eigenvalue weighted by Gasteiger charge is 2.12. The molecular weight excluding hydrogens is 370 g/mol. The second-order valence-electron chi connectivity index (χ2n) is 5.76. The summed E-state index contributed by atoms with van der Waals surface area (Å²) in [6.45, 7) is 2.03. The molecule has 0 saturated heterocycles. The lowest BCUT2D eigenvalue weighted by molar-refractivity contribution is -0.113. The normalized spacial score (nSPS) is 11.2. The van der Waals surface area contributed by atoms with Gasteiger partial charge in [0, 0.05) is 16.1 Å². The number of thioether (sulfide) groups is 1. The predicted molar refractivity (Wildman–Crippen MR) is 105 cm³/mol. The van der Waals surface area contributed by atoms with Gasteiger partial charge in [-0.3, -0.25) is 4.79 Å². The third kappa shape index (κ3) is 3.36. The number of halogens is 1. The first kappa shape index (κ1) is 16.8. The topological polar surface area (TPSA) is 83.6 Å². The predicted octanol–water partition coefficient (Wildman–Crippen LogP) is 4.20. The molecule has 0 fully saturated rings. The van der Waals surface area contributed by atoms with Crippen molar-refractivity contribution in [3.63, 3.8) is 0 Å². The van der Waals surface area contributed by atoms with Gasteiger partial charge in [0.1, 0.15) is 5.52 Å². The molecule has 0 unspecified atom stereocenters. The smallest absolute Gasteiger partial charge is 0.234 e. The number of benzene rings is 2. The van der Waals surface area contributed by atoms with Crippen molar-refractivity contribution in [2.75, 3.05) is 11.1 Å². The van der Waals surface area contributed by atoms with Gasteiger partial charge in [0.2, 0.25) is 11.1 Å². The standard InChI is InChI=1S/C18H14ClN5OS/c1-10-3-2-4-13-15(10)21-17-16(13)23-24-18(22-17)26-9-14(25)20-12-7-5-11(19)6-8-12/h2-8H,9H2,1H3,(H,20,25)(H,21,22,24). The van der Waals surface area contributed by atoms with Crippen LogP contribution >= 0.6 is 23.4 Å². The van der Waals surface area contributed by atoms with Crippen molar-refractivity contribution < 1.29 is 4.79 Å². The third-order valence-corrected chi connectivity index (χ3v) is 4.99. The Morgan fingerprint density at radius 1 is 1.19 bits per heavy atom. The van der Waals surface area contributed by atoms with Crippen LogP contribution in [0, 0.1) is 6.92 Å². The van der Waals surface area contributed by atoms with Crippen LogP contribution in [0.15, 0.2) is 47.6 Å². The number of para-hydroxylation sites is 1. The summed E-state index contributed by atoms with van der Waals surface area (Å²) in [6.07, 6.45) is 0. The minimum absolute atomic E-state index is 0.145. The number of carbonyl (C=O) groups excluding carboxylic acids is 1. The summed E-state index contributed by atoms with van der Waals surface area (Å²) < 4.78 is 0. The molecular formula is C18H14ClN5OS. The second kappa shape index (κ2) is 6.93. The average Bonchev–Trinajstić information content (AvgIpc) is 3.01. The van der Waals surface area contributed by atoms with Crippen molar-refractivity contribution in [3.8, 4) is 0 Å². The van der Waals surface area contributed by atoms with E-state index < -0.39 is 0 Å². The zero-order chi connectivity index (χ0) is 18.1. The number of amides is 1. The molecule has 26 heavy (non-hydrogen) atoms. The lowest BCUT2D eigenvalue weighted by atomic mass is 10.1. The molecule has 2 aromatic heterocycles. The van der Waals surface area contributed by atoms with Gasteiger partial charge < -0.3 is 10.3 Å². The van der Waals surface area contributed by atoms with Crippen molar-refractivity contribution in [3.05, 3.63) is 53.1 Å². The number of anilines is 1. The van der Waals surface area contributed by atoms with Crippen LogP contribution in [0.1, 0.15) is 5.56 Å². The summed E-state index contributed by atoms with van der Waals surface area (Å²) >= 11 is 7.07. The highest BCUT2D eigenvalue weighted by Crippen LogP contribution is 2.25. The maximum Gasteiger partial charge on any atom is 0.234 e. The van der Waals surface area contributed by atoms with E-state index in [-0.39, 0.29) is 11.7 Å². The number of aromatic nitrogens is 4. The fraction of sp³-hybridized carbons (Fsp3) is 0.111. The summed E-state index contributed by atoms with van der Waals surface area (Å²) in [6, 6.07) is 13.0. The number of nitrogens with zero attached hydrogens (tertiary/aromatic N) is 3. The summed E-state index contributed by atoms with van der Waals surface area (Å²) in [5.41, 5.74) is 4.23. The van der Waals surface area contributed by atoms with E-state index in [1.165, 1.54) is 11.8 Å². The van der Waals surface area contributed by atoms with Gasteiger partial charge in [-0.05, 0) is 36.8 Å². The monoisotopic (exact) mass is 383 g/mol. The average molecular weight is 384 g/mol. The van der Waals surface area contributed by atoms with E-state index >= 15 is 0 Å². The SMILES string of the molecule is Cc1cccc2c1[nH]c1nc(SCC(=O)Nc3ccc(Cl)cc3)nnc12. The first-order valence-electron chi connectivity index (χ1n) is 7.90. The van der Waals surface area contributed by atoms with E-state index in [4.69, 9.17) is 11.6 Å². The van der Waals surface area contributed by atoms with Gasteiger partial charge in [0.05, 0.1) is 11.3 Å². The maximum absolute atomic E-state index is 12.1. The third-order valence-electron chi connectivity index (χ3n) is 3.90. The fourth-order valence-electron chi connectivity index (χ4n) is 2.65. The van der Waals surface area contributed by atoms with Crippen LogP contribution in [0.5, 0.6) is 0 Å². The molecule has 0 radical (unpaired) electrons. The van der Waals surface area contributed by atoms with Crippen molar-refractivity contribution >= 4 is 57.0 Å². The van der Waals surface area contributed by atoms with Gasteiger partial charge >= 0.3 is 0 Å². The number of aromatic amines is 1. The van der Waals surface area contributed by atoms with Crippen molar-refractivity contribution in [1.82, 2.24) is 20.2 Å². The molecule has 2 N–H and O–H groups in total. The zero-order valence-electron chi connectivity index (χ0n) is 13.8. The molecule has 0 saturated carbocycles. The Morgan fingerprint density at radius 2 is 2.00 bits per heavy atom. The zero-order valence-corrected chi connectivity index (χ0v) is 15.4. The number of fused-ring (bicyclic) bond motifs is 3. The molecule has 1 amide bonds. The summed E-state index contributed by atoms with van der Waals surface area (Å²) in [5, 5.41) is 13.3. The van der Waals surface area contributed by atoms with E-state index in [9.17, 15) is 4.79 Å². The minimum atomic E-state index is -0.145. The molecule has 0 aliphatic rings. The molecule has 4 rings (SSSR count). The Hall–Kier alpha value is -2.64. The second-order valence-corrected chi connectivity index (χ2v) is 7.14. The Bertz CT molecular complexity index is 1110. The van der Waals surface area contributed by atoms with Crippen LogP contribution in [0.2, 0.25) is 5.02 Å². The molecule has 8 heteroatoms. The van der Waals surface area contributed by atoms with Crippen LogP contribution in [-0.4, -0.2) is 31.8 Å². The molecule has 4 aromatic rings. The largest absolute Gasteiger partial charge is 0.337 e. The maximum atomic E-state index is 12.1. The first-order chi connectivity index (χ1) is 12.6. The van der Waals surface area contributed by atoms with Crippen molar-refractivity contribution in [2.45, 2.75) is 12.1 Å². The molecule has 0 spiro atoms. The van der Waals surface area contributed by atoms with Crippen molar-refractivity contribution in [2.24, 2.45) is 0 Å². The van der Waals surface area contributed by atoms with E-state index in [1.807, 2.05) is 25.1 Å². The number of rotatable bonds is 4. The molecule has 2 aromatic carbocycles. The Balaban J connectivity index is 1.48. The van der Waals surface area contributed by atoms with Crippen LogP contribution in [0.4, 0.5) is 5.69 Å². The molecule has 0 bridgehead atoms. The molecule has 2 heterocycles. The van der Waals surface area contributed by atoms with Gasteiger partial charge in [-0.15, -0.1) is 10.2 Å². The van der Waals surface area contributed by atoms with Gasteiger partial charge in [-0.2, -0.15) is 0 Å². The lowest BCUT2D eigenvalue weighted by Crippen LogP contribution is -2.14. The summed E-state index contributed by atoms with van der Waals surface area (Å²) in [7, 11) is 0. The number of H-pyrrole nitrogens is 1. The molecule has 0 aliphatic heterocycles. The first-order valence-corrected chi connectivity index (χ1v) is 9.26.